The van der Waals surface area contributed by atoms with Gasteiger partial charge in [-0.1, -0.05) is 23.7 Å². The van der Waals surface area contributed by atoms with Crippen LogP contribution in [0.1, 0.15) is 15.9 Å². The molecule has 0 spiro atoms. The number of carbonyl (C=O) groups excluding carboxylic acids is 1. The number of nitrogens with zero attached hydrogens (tertiary/aromatic N) is 3. The van der Waals surface area contributed by atoms with Crippen molar-refractivity contribution in [1.29, 1.82) is 0 Å². The molecule has 0 fully saturated rings. The van der Waals surface area contributed by atoms with Crippen molar-refractivity contribution in [3.05, 3.63) is 75.4 Å². The molecule has 0 aliphatic rings. The van der Waals surface area contributed by atoms with Crippen LogP contribution >= 0.6 is 27.5 Å². The third kappa shape index (κ3) is 4.87. The van der Waals surface area contributed by atoms with Crippen LogP contribution in [0.4, 0.5) is 5.82 Å². The van der Waals surface area contributed by atoms with Gasteiger partial charge in [0.1, 0.15) is 5.82 Å². The smallest absolute Gasteiger partial charge is 0.256 e. The zero-order valence-electron chi connectivity index (χ0n) is 15.6. The molecule has 0 aliphatic carbocycles. The molecule has 1 amide bonds. The molecule has 0 unspecified atom stereocenters. The van der Waals surface area contributed by atoms with Crippen molar-refractivity contribution in [3.63, 3.8) is 0 Å². The Morgan fingerprint density at radius 3 is 2.52 bits per heavy atom. The van der Waals surface area contributed by atoms with E-state index in [1.165, 1.54) is 26.2 Å². The van der Waals surface area contributed by atoms with E-state index in [9.17, 15) is 13.2 Å². The molecule has 7 nitrogen and oxygen atoms in total. The van der Waals surface area contributed by atoms with E-state index in [0.29, 0.717) is 21.9 Å². The van der Waals surface area contributed by atoms with E-state index in [-0.39, 0.29) is 10.5 Å². The number of hydrogen-bond donors (Lipinski definition) is 1. The molecule has 10 heteroatoms. The summed E-state index contributed by atoms with van der Waals surface area (Å²) in [6.07, 6.45) is 1.58. The maximum Gasteiger partial charge on any atom is 0.256 e. The Morgan fingerprint density at radius 1 is 1.17 bits per heavy atom. The lowest BCUT2D eigenvalue weighted by atomic mass is 10.2. The standard InChI is InChI=1S/C19H18BrClN4O3S/c1-24(2)29(27,28)17-11-14(5-8-16(17)20)19(26)23-18-9-10-22-25(18)12-13-3-6-15(21)7-4-13/h3-11H,12H2,1-2H3,(H,23,26). The number of nitrogens with one attached hydrogen (secondary N) is 1. The second-order valence-electron chi connectivity index (χ2n) is 6.39. The van der Waals surface area contributed by atoms with E-state index in [2.05, 4.69) is 26.3 Å². The topological polar surface area (TPSA) is 84.3 Å². The Kier molecular flexibility index (Phi) is 6.42. The molecule has 1 heterocycles. The fourth-order valence-electron chi connectivity index (χ4n) is 2.56. The quantitative estimate of drug-likeness (QED) is 0.561. The monoisotopic (exact) mass is 496 g/mol. The molecule has 0 saturated carbocycles. The zero-order valence-corrected chi connectivity index (χ0v) is 18.8. The van der Waals surface area contributed by atoms with Crippen LogP contribution in [0.2, 0.25) is 5.02 Å². The molecular weight excluding hydrogens is 480 g/mol. The highest BCUT2D eigenvalue weighted by Crippen LogP contribution is 2.25. The summed E-state index contributed by atoms with van der Waals surface area (Å²) < 4.78 is 28.0. The van der Waals surface area contributed by atoms with Crippen molar-refractivity contribution >= 4 is 49.3 Å². The van der Waals surface area contributed by atoms with E-state index in [0.717, 1.165) is 9.87 Å². The molecule has 0 atom stereocenters. The molecule has 0 bridgehead atoms. The van der Waals surface area contributed by atoms with E-state index in [1.807, 2.05) is 12.1 Å². The maximum atomic E-state index is 12.7. The van der Waals surface area contributed by atoms with Crippen molar-refractivity contribution in [2.75, 3.05) is 19.4 Å². The number of amides is 1. The van der Waals surface area contributed by atoms with Crippen LogP contribution in [0.25, 0.3) is 0 Å². The minimum Gasteiger partial charge on any atom is -0.307 e. The molecule has 0 saturated heterocycles. The number of sulfonamides is 1. The van der Waals surface area contributed by atoms with Crippen LogP contribution in [0.3, 0.4) is 0 Å². The maximum absolute atomic E-state index is 12.7. The first-order valence-corrected chi connectivity index (χ1v) is 11.1. The third-order valence-electron chi connectivity index (χ3n) is 4.16. The van der Waals surface area contributed by atoms with Crippen LogP contribution in [0.5, 0.6) is 0 Å². The predicted molar refractivity (Wildman–Crippen MR) is 116 cm³/mol. The fraction of sp³-hybridized carbons (Fsp3) is 0.158. The van der Waals surface area contributed by atoms with Crippen LogP contribution in [0, 0.1) is 0 Å². The summed E-state index contributed by atoms with van der Waals surface area (Å²) in [5.74, 6) is 0.0513. The number of rotatable bonds is 6. The number of anilines is 1. The van der Waals surface area contributed by atoms with Crippen molar-refractivity contribution in [3.8, 4) is 0 Å². The Labute approximate surface area is 182 Å². The van der Waals surface area contributed by atoms with Gasteiger partial charge in [-0.25, -0.2) is 17.4 Å². The molecule has 3 rings (SSSR count). The Bertz CT molecular complexity index is 1140. The van der Waals surface area contributed by atoms with Crippen molar-refractivity contribution in [1.82, 2.24) is 14.1 Å². The highest BCUT2D eigenvalue weighted by molar-refractivity contribution is 9.10. The lowest BCUT2D eigenvalue weighted by Crippen LogP contribution is -2.23. The largest absolute Gasteiger partial charge is 0.307 e. The lowest BCUT2D eigenvalue weighted by molar-refractivity contribution is 0.102. The van der Waals surface area contributed by atoms with Gasteiger partial charge in [0, 0.05) is 35.2 Å². The number of carbonyl (C=O) groups is 1. The van der Waals surface area contributed by atoms with Crippen molar-refractivity contribution in [2.24, 2.45) is 0 Å². The average molecular weight is 498 g/mol. The molecule has 0 aliphatic heterocycles. The molecule has 3 aromatic rings. The first kappa shape index (κ1) is 21.5. The van der Waals surface area contributed by atoms with Gasteiger partial charge in [-0.05, 0) is 51.8 Å². The van der Waals surface area contributed by atoms with Gasteiger partial charge >= 0.3 is 0 Å². The van der Waals surface area contributed by atoms with Gasteiger partial charge in [0.15, 0.2) is 0 Å². The number of halogens is 2. The molecular formula is C19H18BrClN4O3S. The van der Waals surface area contributed by atoms with Crippen LogP contribution in [0.15, 0.2) is 64.1 Å². The predicted octanol–water partition coefficient (Wildman–Crippen LogP) is 3.85. The van der Waals surface area contributed by atoms with Gasteiger partial charge in [-0.3, -0.25) is 4.79 Å². The number of benzene rings is 2. The van der Waals surface area contributed by atoms with Crippen LogP contribution < -0.4 is 5.32 Å². The van der Waals surface area contributed by atoms with Crippen molar-refractivity contribution < 1.29 is 13.2 Å². The Morgan fingerprint density at radius 2 is 1.86 bits per heavy atom. The van der Waals surface area contributed by atoms with Gasteiger partial charge in [0.2, 0.25) is 10.0 Å². The summed E-state index contributed by atoms with van der Waals surface area (Å²) in [4.78, 5) is 12.7. The highest BCUT2D eigenvalue weighted by Gasteiger charge is 2.22. The van der Waals surface area contributed by atoms with E-state index in [4.69, 9.17) is 11.6 Å². The van der Waals surface area contributed by atoms with Crippen LogP contribution in [-0.2, 0) is 16.6 Å². The van der Waals surface area contributed by atoms with Gasteiger partial charge in [0.25, 0.3) is 5.91 Å². The minimum atomic E-state index is -3.70. The van der Waals surface area contributed by atoms with Gasteiger partial charge in [0.05, 0.1) is 17.6 Å². The normalized spacial score (nSPS) is 11.6. The second kappa shape index (κ2) is 8.66. The highest BCUT2D eigenvalue weighted by atomic mass is 79.9. The summed E-state index contributed by atoms with van der Waals surface area (Å²) in [6, 6.07) is 13.4. The molecule has 1 N–H and O–H groups in total. The molecule has 2 aromatic carbocycles. The Balaban J connectivity index is 1.83. The molecule has 29 heavy (non-hydrogen) atoms. The van der Waals surface area contributed by atoms with Crippen LogP contribution in [-0.4, -0.2) is 42.5 Å². The number of aromatic nitrogens is 2. The Hall–Kier alpha value is -2.20. The lowest BCUT2D eigenvalue weighted by Gasteiger charge is -2.14. The number of hydrogen-bond acceptors (Lipinski definition) is 4. The molecule has 152 valence electrons. The minimum absolute atomic E-state index is 0.0184. The van der Waals surface area contributed by atoms with Gasteiger partial charge < -0.3 is 5.32 Å². The van der Waals surface area contributed by atoms with E-state index >= 15 is 0 Å². The van der Waals surface area contributed by atoms with Gasteiger partial charge in [-0.15, -0.1) is 0 Å². The van der Waals surface area contributed by atoms with Crippen molar-refractivity contribution in [2.45, 2.75) is 11.4 Å². The average Bonchev–Trinajstić information content (AvgIpc) is 3.10. The zero-order chi connectivity index (χ0) is 21.2. The SMILES string of the molecule is CN(C)S(=O)(=O)c1cc(C(=O)Nc2ccnn2Cc2ccc(Cl)cc2)ccc1Br. The summed E-state index contributed by atoms with van der Waals surface area (Å²) in [6.45, 7) is 0.445. The summed E-state index contributed by atoms with van der Waals surface area (Å²) in [5, 5.41) is 7.65. The summed E-state index contributed by atoms with van der Waals surface area (Å²) in [5.41, 5.74) is 1.18. The fourth-order valence-corrected chi connectivity index (χ4v) is 4.53. The van der Waals surface area contributed by atoms with E-state index < -0.39 is 15.9 Å². The van der Waals surface area contributed by atoms with Gasteiger partial charge in [-0.2, -0.15) is 5.10 Å². The summed E-state index contributed by atoms with van der Waals surface area (Å²) >= 11 is 9.15. The first-order valence-electron chi connectivity index (χ1n) is 8.48. The van der Waals surface area contributed by atoms with E-state index in [1.54, 1.807) is 35.1 Å². The molecule has 0 radical (unpaired) electrons. The molecule has 1 aromatic heterocycles. The second-order valence-corrected chi connectivity index (χ2v) is 9.80. The summed E-state index contributed by atoms with van der Waals surface area (Å²) in [7, 11) is -0.831. The first-order chi connectivity index (χ1) is 13.7. The third-order valence-corrected chi connectivity index (χ3v) is 7.22.